The summed E-state index contributed by atoms with van der Waals surface area (Å²) in [4.78, 5) is 22.8. The van der Waals surface area contributed by atoms with Gasteiger partial charge in [0.1, 0.15) is 11.6 Å². The second-order valence-corrected chi connectivity index (χ2v) is 10.9. The first-order valence-electron chi connectivity index (χ1n) is 13.3. The Bertz CT molecular complexity index is 1420. The molecule has 12 heteroatoms. The topological polar surface area (TPSA) is 93.3 Å². The van der Waals surface area contributed by atoms with Crippen molar-refractivity contribution in [2.45, 2.75) is 62.8 Å². The number of hydrogen-bond acceptors (Lipinski definition) is 5. The van der Waals surface area contributed by atoms with Gasteiger partial charge in [-0.1, -0.05) is 0 Å². The minimum absolute atomic E-state index is 0.0713. The summed E-state index contributed by atoms with van der Waals surface area (Å²) in [6, 6.07) is 7.16. The number of aromatic nitrogens is 2. The fourth-order valence-corrected chi connectivity index (χ4v) is 6.40. The maximum absolute atomic E-state index is 14.2. The molecule has 2 aliphatic heterocycles. The fraction of sp³-hybridized carbons (Fsp3) is 0.429. The zero-order valence-electron chi connectivity index (χ0n) is 21.4. The first kappa shape index (κ1) is 26.7. The van der Waals surface area contributed by atoms with Gasteiger partial charge in [-0.2, -0.15) is 13.2 Å². The Kier molecular flexibility index (Phi) is 6.78. The van der Waals surface area contributed by atoms with Gasteiger partial charge >= 0.3 is 6.18 Å². The number of alkyl halides is 3. The number of benzene rings is 2. The van der Waals surface area contributed by atoms with E-state index in [4.69, 9.17) is 4.98 Å². The number of hydrogen-bond donors (Lipinski definition) is 4. The SMILES string of the molecule is O=C(c1ccc(F)cc1)N1CCc2nc(C3NNC4CC(c5cc(F)c(O)cc5CC(F)(F)F)CCC43)[nH]c2C1. The molecule has 0 radical (unpaired) electrons. The van der Waals surface area contributed by atoms with E-state index in [1.165, 1.54) is 24.3 Å². The van der Waals surface area contributed by atoms with Crippen LogP contribution in [0.3, 0.4) is 0 Å². The maximum atomic E-state index is 14.2. The third kappa shape index (κ3) is 5.17. The van der Waals surface area contributed by atoms with E-state index in [-0.39, 0.29) is 41.0 Å². The quantitative estimate of drug-likeness (QED) is 0.344. The third-order valence-electron chi connectivity index (χ3n) is 8.32. The van der Waals surface area contributed by atoms with Gasteiger partial charge in [0.15, 0.2) is 11.6 Å². The van der Waals surface area contributed by atoms with Crippen LogP contribution in [0.2, 0.25) is 0 Å². The third-order valence-corrected chi connectivity index (χ3v) is 8.32. The molecule has 1 aliphatic carbocycles. The molecule has 7 nitrogen and oxygen atoms in total. The molecule has 6 rings (SSSR count). The maximum Gasteiger partial charge on any atom is 0.393 e. The summed E-state index contributed by atoms with van der Waals surface area (Å²) in [5.41, 5.74) is 8.87. The molecule has 212 valence electrons. The molecule has 1 aromatic heterocycles. The number of rotatable bonds is 4. The van der Waals surface area contributed by atoms with Crippen LogP contribution in [0, 0.1) is 17.6 Å². The molecule has 3 heterocycles. The lowest BCUT2D eigenvalue weighted by atomic mass is 9.73. The van der Waals surface area contributed by atoms with Crippen molar-refractivity contribution in [3.63, 3.8) is 0 Å². The Morgan fingerprint density at radius 1 is 1.10 bits per heavy atom. The number of phenolic OH excluding ortho intramolecular Hbond substituents is 1. The summed E-state index contributed by atoms with van der Waals surface area (Å²) in [6.07, 6.45) is -3.39. The first-order chi connectivity index (χ1) is 19.1. The van der Waals surface area contributed by atoms with Gasteiger partial charge in [0.25, 0.3) is 5.91 Å². The summed E-state index contributed by atoms with van der Waals surface area (Å²) in [6.45, 7) is 0.838. The van der Waals surface area contributed by atoms with Gasteiger partial charge in [0, 0.05) is 24.6 Å². The number of fused-ring (bicyclic) bond motifs is 2. The molecule has 1 saturated carbocycles. The van der Waals surface area contributed by atoms with Crippen LogP contribution in [0.25, 0.3) is 0 Å². The van der Waals surface area contributed by atoms with E-state index < -0.39 is 30.0 Å². The number of imidazole rings is 1. The zero-order chi connectivity index (χ0) is 28.2. The normalized spacial score (nSPS) is 24.6. The highest BCUT2D eigenvalue weighted by atomic mass is 19.4. The molecule has 4 unspecified atom stereocenters. The van der Waals surface area contributed by atoms with E-state index in [2.05, 4.69) is 15.8 Å². The molecule has 0 spiro atoms. The molecule has 2 aromatic carbocycles. The van der Waals surface area contributed by atoms with Crippen LogP contribution in [0.4, 0.5) is 22.0 Å². The van der Waals surface area contributed by atoms with E-state index in [0.717, 1.165) is 29.3 Å². The van der Waals surface area contributed by atoms with Crippen molar-refractivity contribution in [2.75, 3.05) is 6.54 Å². The lowest BCUT2D eigenvalue weighted by Gasteiger charge is -2.33. The van der Waals surface area contributed by atoms with Crippen LogP contribution in [0.15, 0.2) is 36.4 Å². The number of nitrogens with zero attached hydrogens (tertiary/aromatic N) is 2. The number of carbonyl (C=O) groups is 1. The predicted molar refractivity (Wildman–Crippen MR) is 134 cm³/mol. The fourth-order valence-electron chi connectivity index (χ4n) is 6.40. The first-order valence-corrected chi connectivity index (χ1v) is 13.3. The summed E-state index contributed by atoms with van der Waals surface area (Å²) in [5.74, 6) is -1.75. The minimum atomic E-state index is -4.48. The van der Waals surface area contributed by atoms with Crippen LogP contribution in [-0.2, 0) is 19.4 Å². The molecule has 1 saturated heterocycles. The number of amides is 1. The summed E-state index contributed by atoms with van der Waals surface area (Å²) >= 11 is 0. The summed E-state index contributed by atoms with van der Waals surface area (Å²) < 4.78 is 67.0. The van der Waals surface area contributed by atoms with E-state index in [9.17, 15) is 31.9 Å². The van der Waals surface area contributed by atoms with Crippen molar-refractivity contribution in [3.05, 3.63) is 81.9 Å². The number of H-pyrrole nitrogens is 1. The van der Waals surface area contributed by atoms with Gasteiger partial charge in [0.05, 0.1) is 30.4 Å². The number of carbonyl (C=O) groups excluding carboxylic acids is 1. The highest BCUT2D eigenvalue weighted by Crippen LogP contribution is 2.45. The molecular formula is C28H28F5N5O2. The largest absolute Gasteiger partial charge is 0.505 e. The lowest BCUT2D eigenvalue weighted by Crippen LogP contribution is -2.36. The Labute approximate surface area is 226 Å². The van der Waals surface area contributed by atoms with Crippen LogP contribution >= 0.6 is 0 Å². The van der Waals surface area contributed by atoms with Gasteiger partial charge in [-0.05, 0) is 78.6 Å². The number of hydrazine groups is 1. The van der Waals surface area contributed by atoms with Crippen molar-refractivity contribution < 1.29 is 31.9 Å². The Morgan fingerprint density at radius 3 is 2.62 bits per heavy atom. The molecule has 0 bridgehead atoms. The Hall–Kier alpha value is -3.51. The number of phenols is 1. The molecule has 4 N–H and O–H groups in total. The van der Waals surface area contributed by atoms with E-state index in [0.29, 0.717) is 44.3 Å². The number of aromatic amines is 1. The van der Waals surface area contributed by atoms with E-state index in [1.54, 1.807) is 4.90 Å². The molecule has 4 atom stereocenters. The Morgan fingerprint density at radius 2 is 1.88 bits per heavy atom. The highest BCUT2D eigenvalue weighted by Gasteiger charge is 2.44. The molecular weight excluding hydrogens is 533 g/mol. The molecule has 1 amide bonds. The lowest BCUT2D eigenvalue weighted by molar-refractivity contribution is -0.127. The Balaban J connectivity index is 1.15. The number of nitrogens with one attached hydrogen (secondary N) is 3. The van der Waals surface area contributed by atoms with Crippen molar-refractivity contribution in [2.24, 2.45) is 5.92 Å². The second kappa shape index (κ2) is 10.2. The van der Waals surface area contributed by atoms with Crippen molar-refractivity contribution in [3.8, 4) is 5.75 Å². The number of aromatic hydroxyl groups is 1. The van der Waals surface area contributed by atoms with E-state index >= 15 is 0 Å². The van der Waals surface area contributed by atoms with Crippen molar-refractivity contribution in [1.82, 2.24) is 25.7 Å². The van der Waals surface area contributed by atoms with Crippen LogP contribution < -0.4 is 10.9 Å². The number of halogens is 5. The van der Waals surface area contributed by atoms with Gasteiger partial charge in [0.2, 0.25) is 0 Å². The minimum Gasteiger partial charge on any atom is -0.505 e. The summed E-state index contributed by atoms with van der Waals surface area (Å²) in [7, 11) is 0. The van der Waals surface area contributed by atoms with Gasteiger partial charge in [-0.15, -0.1) is 0 Å². The molecule has 3 aromatic rings. The average Bonchev–Trinajstić information content (AvgIpc) is 3.53. The van der Waals surface area contributed by atoms with Crippen molar-refractivity contribution >= 4 is 5.91 Å². The summed E-state index contributed by atoms with van der Waals surface area (Å²) in [5, 5.41) is 9.70. The second-order valence-electron chi connectivity index (χ2n) is 10.9. The monoisotopic (exact) mass is 561 g/mol. The molecule has 40 heavy (non-hydrogen) atoms. The smallest absolute Gasteiger partial charge is 0.393 e. The van der Waals surface area contributed by atoms with Crippen molar-refractivity contribution in [1.29, 1.82) is 0 Å². The van der Waals surface area contributed by atoms with Gasteiger partial charge < -0.3 is 15.0 Å². The van der Waals surface area contributed by atoms with Gasteiger partial charge in [-0.3, -0.25) is 10.2 Å². The highest BCUT2D eigenvalue weighted by molar-refractivity contribution is 5.94. The molecule has 3 aliphatic rings. The van der Waals surface area contributed by atoms with Crippen LogP contribution in [0.1, 0.15) is 69.9 Å². The van der Waals surface area contributed by atoms with Crippen LogP contribution in [0.5, 0.6) is 5.75 Å². The standard InChI is InChI=1S/C28H28F5N5O2/c29-17-4-1-14(2-5-17)27(40)38-8-7-21-23(13-38)35-26(34-21)25-18-6-3-15(9-22(18)36-37-25)19-11-20(30)24(39)10-16(19)12-28(31,32)33/h1-2,4-5,10-11,15,18,22,25,36-37,39H,3,6-9,12-13H2,(H,34,35). The van der Waals surface area contributed by atoms with Gasteiger partial charge in [-0.25, -0.2) is 19.2 Å². The predicted octanol–water partition coefficient (Wildman–Crippen LogP) is 4.80. The molecule has 2 fully saturated rings. The van der Waals surface area contributed by atoms with Crippen LogP contribution in [-0.4, -0.2) is 44.6 Å². The average molecular weight is 562 g/mol. The van der Waals surface area contributed by atoms with E-state index in [1.807, 2.05) is 0 Å². The zero-order valence-corrected chi connectivity index (χ0v) is 21.4.